The van der Waals surface area contributed by atoms with Gasteiger partial charge in [-0.15, -0.1) is 0 Å². The molecule has 2 aromatic rings. The van der Waals surface area contributed by atoms with Crippen LogP contribution in [0.15, 0.2) is 42.5 Å². The van der Waals surface area contributed by atoms with Crippen LogP contribution in [0.5, 0.6) is 11.5 Å². The van der Waals surface area contributed by atoms with E-state index in [1.807, 2.05) is 12.1 Å². The van der Waals surface area contributed by atoms with Crippen molar-refractivity contribution in [1.82, 2.24) is 5.32 Å². The minimum absolute atomic E-state index is 0.835. The first-order valence-electron chi connectivity index (χ1n) is 7.30. The van der Waals surface area contributed by atoms with Crippen molar-refractivity contribution in [2.24, 2.45) is 0 Å². The third-order valence-corrected chi connectivity index (χ3v) is 3.35. The van der Waals surface area contributed by atoms with Gasteiger partial charge in [-0.2, -0.15) is 0 Å². The summed E-state index contributed by atoms with van der Waals surface area (Å²) in [7, 11) is 0. The van der Waals surface area contributed by atoms with Gasteiger partial charge in [-0.25, -0.2) is 0 Å². The highest BCUT2D eigenvalue weighted by Crippen LogP contribution is 2.29. The summed E-state index contributed by atoms with van der Waals surface area (Å²) in [6, 6.07) is 14.6. The minimum atomic E-state index is 0.835. The molecule has 0 aromatic heterocycles. The average Bonchev–Trinajstić information content (AvgIpc) is 2.48. The predicted octanol–water partition coefficient (Wildman–Crippen LogP) is 4.46. The van der Waals surface area contributed by atoms with Gasteiger partial charge in [-0.1, -0.05) is 49.7 Å². The van der Waals surface area contributed by atoms with Gasteiger partial charge in [-0.3, -0.25) is 0 Å². The molecule has 0 saturated heterocycles. The van der Waals surface area contributed by atoms with Crippen molar-refractivity contribution in [2.75, 3.05) is 6.54 Å². The highest BCUT2D eigenvalue weighted by Gasteiger charge is 2.07. The minimum Gasteiger partial charge on any atom is -0.457 e. The van der Waals surface area contributed by atoms with Crippen LogP contribution >= 0.6 is 0 Å². The first-order chi connectivity index (χ1) is 9.74. The van der Waals surface area contributed by atoms with E-state index >= 15 is 0 Å². The predicted molar refractivity (Wildman–Crippen MR) is 84.5 cm³/mol. The zero-order chi connectivity index (χ0) is 14.4. The molecule has 0 spiro atoms. The van der Waals surface area contributed by atoms with Gasteiger partial charge >= 0.3 is 0 Å². The highest BCUT2D eigenvalue weighted by molar-refractivity contribution is 5.42. The van der Waals surface area contributed by atoms with Gasteiger partial charge in [-0.05, 0) is 37.6 Å². The lowest BCUT2D eigenvalue weighted by Crippen LogP contribution is -2.12. The summed E-state index contributed by atoms with van der Waals surface area (Å²) in [6.07, 6.45) is 0.977. The van der Waals surface area contributed by atoms with Crippen LogP contribution in [-0.2, 0) is 13.0 Å². The van der Waals surface area contributed by atoms with E-state index in [1.54, 1.807) is 0 Å². The van der Waals surface area contributed by atoms with Gasteiger partial charge in [0.2, 0.25) is 0 Å². The maximum absolute atomic E-state index is 6.14. The number of hydrogen-bond donors (Lipinski definition) is 1. The van der Waals surface area contributed by atoms with Crippen LogP contribution < -0.4 is 10.1 Å². The fourth-order valence-electron chi connectivity index (χ4n) is 2.22. The maximum atomic E-state index is 6.14. The van der Waals surface area contributed by atoms with Crippen molar-refractivity contribution in [3.8, 4) is 11.5 Å². The molecule has 1 N–H and O–H groups in total. The molecule has 0 aliphatic rings. The normalized spacial score (nSPS) is 10.6. The lowest BCUT2D eigenvalue weighted by Gasteiger charge is -2.14. The Hall–Kier alpha value is -1.80. The second kappa shape index (κ2) is 7.11. The Morgan fingerprint density at radius 3 is 2.45 bits per heavy atom. The Morgan fingerprint density at radius 2 is 1.70 bits per heavy atom. The Labute approximate surface area is 121 Å². The first kappa shape index (κ1) is 14.6. The number of hydrogen-bond acceptors (Lipinski definition) is 2. The molecule has 0 amide bonds. The van der Waals surface area contributed by atoms with Gasteiger partial charge in [0.15, 0.2) is 0 Å². The standard InChI is InChI=1S/C18H23NO/c1-4-15-8-6-7-9-17(15)20-18-11-10-14(3)12-16(18)13-19-5-2/h6-12,19H,4-5,13H2,1-3H3. The van der Waals surface area contributed by atoms with Crippen LogP contribution in [-0.4, -0.2) is 6.54 Å². The second-order valence-electron chi connectivity index (χ2n) is 4.95. The average molecular weight is 269 g/mol. The lowest BCUT2D eigenvalue weighted by atomic mass is 10.1. The molecule has 2 nitrogen and oxygen atoms in total. The monoisotopic (exact) mass is 269 g/mol. The van der Waals surface area contributed by atoms with E-state index < -0.39 is 0 Å². The van der Waals surface area contributed by atoms with Crippen LogP contribution in [0.1, 0.15) is 30.5 Å². The van der Waals surface area contributed by atoms with Gasteiger partial charge in [0.05, 0.1) is 0 Å². The molecule has 0 atom stereocenters. The van der Waals surface area contributed by atoms with E-state index in [9.17, 15) is 0 Å². The number of rotatable bonds is 6. The highest BCUT2D eigenvalue weighted by atomic mass is 16.5. The van der Waals surface area contributed by atoms with Crippen molar-refractivity contribution in [1.29, 1.82) is 0 Å². The third kappa shape index (κ3) is 3.61. The molecular formula is C18H23NO. The molecule has 0 heterocycles. The van der Waals surface area contributed by atoms with Gasteiger partial charge in [0.1, 0.15) is 11.5 Å². The largest absolute Gasteiger partial charge is 0.457 e. The number of nitrogens with one attached hydrogen (secondary N) is 1. The van der Waals surface area contributed by atoms with E-state index in [0.29, 0.717) is 0 Å². The molecule has 2 rings (SSSR count). The van der Waals surface area contributed by atoms with Gasteiger partial charge in [0, 0.05) is 12.1 Å². The molecule has 2 aromatic carbocycles. The molecule has 106 valence electrons. The summed E-state index contributed by atoms with van der Waals surface area (Å²) in [5, 5.41) is 3.37. The van der Waals surface area contributed by atoms with Crippen LogP contribution in [0, 0.1) is 6.92 Å². The Bertz CT molecular complexity index is 563. The lowest BCUT2D eigenvalue weighted by molar-refractivity contribution is 0.467. The number of ether oxygens (including phenoxy) is 1. The molecule has 0 saturated carbocycles. The van der Waals surface area contributed by atoms with Crippen molar-refractivity contribution < 1.29 is 4.74 Å². The zero-order valence-corrected chi connectivity index (χ0v) is 12.6. The van der Waals surface area contributed by atoms with Gasteiger partial charge < -0.3 is 10.1 Å². The summed E-state index contributed by atoms with van der Waals surface area (Å²) in [6.45, 7) is 8.17. The molecule has 0 fully saturated rings. The maximum Gasteiger partial charge on any atom is 0.131 e. The van der Waals surface area contributed by atoms with E-state index in [2.05, 4.69) is 56.4 Å². The second-order valence-corrected chi connectivity index (χ2v) is 4.95. The van der Waals surface area contributed by atoms with Crippen LogP contribution in [0.2, 0.25) is 0 Å². The molecule has 2 heteroatoms. The van der Waals surface area contributed by atoms with Crippen molar-refractivity contribution >= 4 is 0 Å². The SMILES string of the molecule is CCNCc1cc(C)ccc1Oc1ccccc1CC. The van der Waals surface area contributed by atoms with E-state index in [1.165, 1.54) is 16.7 Å². The summed E-state index contributed by atoms with van der Waals surface area (Å²) < 4.78 is 6.14. The fraction of sp³-hybridized carbons (Fsp3) is 0.333. The molecule has 0 bridgehead atoms. The first-order valence-corrected chi connectivity index (χ1v) is 7.30. The third-order valence-electron chi connectivity index (χ3n) is 3.35. The molecule has 0 aliphatic carbocycles. The number of para-hydroxylation sites is 1. The topological polar surface area (TPSA) is 21.3 Å². The zero-order valence-electron chi connectivity index (χ0n) is 12.6. The summed E-state index contributed by atoms with van der Waals surface area (Å²) >= 11 is 0. The Kier molecular flexibility index (Phi) is 5.19. The molecular weight excluding hydrogens is 246 g/mol. The van der Waals surface area contributed by atoms with Crippen LogP contribution in [0.25, 0.3) is 0 Å². The molecule has 0 radical (unpaired) electrons. The van der Waals surface area contributed by atoms with Crippen molar-refractivity contribution in [3.05, 3.63) is 59.2 Å². The Morgan fingerprint density at radius 1 is 0.950 bits per heavy atom. The van der Waals surface area contributed by atoms with Crippen molar-refractivity contribution in [2.45, 2.75) is 33.7 Å². The van der Waals surface area contributed by atoms with Gasteiger partial charge in [0.25, 0.3) is 0 Å². The smallest absolute Gasteiger partial charge is 0.131 e. The van der Waals surface area contributed by atoms with Crippen LogP contribution in [0.4, 0.5) is 0 Å². The molecule has 20 heavy (non-hydrogen) atoms. The fourth-order valence-corrected chi connectivity index (χ4v) is 2.22. The van der Waals surface area contributed by atoms with Crippen LogP contribution in [0.3, 0.4) is 0 Å². The molecule has 0 unspecified atom stereocenters. The summed E-state index contributed by atoms with van der Waals surface area (Å²) in [5.41, 5.74) is 3.70. The van der Waals surface area contributed by atoms with E-state index in [-0.39, 0.29) is 0 Å². The summed E-state index contributed by atoms with van der Waals surface area (Å²) in [4.78, 5) is 0. The number of aryl methyl sites for hydroxylation is 2. The van der Waals surface area contributed by atoms with Crippen molar-refractivity contribution in [3.63, 3.8) is 0 Å². The number of benzene rings is 2. The van der Waals surface area contributed by atoms with E-state index in [4.69, 9.17) is 4.74 Å². The quantitative estimate of drug-likeness (QED) is 0.836. The Balaban J connectivity index is 2.28. The summed E-state index contributed by atoms with van der Waals surface area (Å²) in [5.74, 6) is 1.90. The van der Waals surface area contributed by atoms with E-state index in [0.717, 1.165) is 31.0 Å². The molecule has 0 aliphatic heterocycles.